The summed E-state index contributed by atoms with van der Waals surface area (Å²) in [5.74, 6) is -0.425. The van der Waals surface area contributed by atoms with Crippen LogP contribution in [0.3, 0.4) is 0 Å². The van der Waals surface area contributed by atoms with Crippen LogP contribution in [-0.2, 0) is 9.53 Å². The Hall–Kier alpha value is -1.06. The summed E-state index contributed by atoms with van der Waals surface area (Å²) in [4.78, 5) is 11.9. The Morgan fingerprint density at radius 2 is 2.18 bits per heavy atom. The first-order valence-electron chi connectivity index (χ1n) is 5.79. The van der Waals surface area contributed by atoms with Crippen LogP contribution in [-0.4, -0.2) is 25.7 Å². The van der Waals surface area contributed by atoms with Gasteiger partial charge in [-0.3, -0.25) is 4.79 Å². The first-order chi connectivity index (χ1) is 8.22. The van der Waals surface area contributed by atoms with Crippen LogP contribution in [0.25, 0.3) is 0 Å². The second-order valence-electron chi connectivity index (χ2n) is 4.26. The molecule has 0 bridgehead atoms. The van der Waals surface area contributed by atoms with Gasteiger partial charge in [0.2, 0.25) is 0 Å². The van der Waals surface area contributed by atoms with Crippen LogP contribution in [0.1, 0.15) is 24.3 Å². The van der Waals surface area contributed by atoms with E-state index >= 15 is 0 Å². The zero-order chi connectivity index (χ0) is 12.3. The number of methoxy groups -OCH3 is 1. The fourth-order valence-corrected chi connectivity index (χ4v) is 2.45. The van der Waals surface area contributed by atoms with Gasteiger partial charge in [0.25, 0.3) is 0 Å². The third kappa shape index (κ3) is 2.79. The van der Waals surface area contributed by atoms with Crippen LogP contribution in [0.4, 0.5) is 0 Å². The maximum atomic E-state index is 11.9. The Labute approximate surface area is 106 Å². The second kappa shape index (κ2) is 5.52. The minimum atomic E-state index is -0.236. The predicted octanol–water partition coefficient (Wildman–Crippen LogP) is 2.35. The highest BCUT2D eigenvalue weighted by atomic mass is 35.5. The zero-order valence-electron chi connectivity index (χ0n) is 9.78. The lowest BCUT2D eigenvalue weighted by Crippen LogP contribution is -2.34. The molecule has 0 aliphatic carbocycles. The lowest BCUT2D eigenvalue weighted by molar-refractivity contribution is -0.143. The standard InChI is InChI=1S/C13H16ClNO2/c1-17-13(16)12(11-3-2-8-15-11)9-4-6-10(14)7-5-9/h4-7,11-12,15H,2-3,8H2,1H3/t11-,12+/m1/s1. The summed E-state index contributed by atoms with van der Waals surface area (Å²) >= 11 is 5.86. The van der Waals surface area contributed by atoms with Crippen molar-refractivity contribution in [3.8, 4) is 0 Å². The molecule has 0 spiro atoms. The van der Waals surface area contributed by atoms with E-state index in [1.54, 1.807) is 0 Å². The summed E-state index contributed by atoms with van der Waals surface area (Å²) in [6, 6.07) is 7.57. The minimum absolute atomic E-state index is 0.170. The van der Waals surface area contributed by atoms with Crippen LogP contribution in [0.15, 0.2) is 24.3 Å². The molecule has 2 atom stereocenters. The van der Waals surface area contributed by atoms with Gasteiger partial charge in [0.1, 0.15) is 0 Å². The van der Waals surface area contributed by atoms with Gasteiger partial charge in [-0.2, -0.15) is 0 Å². The first kappa shape index (κ1) is 12.4. The number of hydrogen-bond donors (Lipinski definition) is 1. The Morgan fingerprint density at radius 3 is 2.71 bits per heavy atom. The highest BCUT2D eigenvalue weighted by molar-refractivity contribution is 6.30. The summed E-state index contributed by atoms with van der Waals surface area (Å²) in [6.07, 6.45) is 2.11. The molecule has 1 aromatic rings. The molecule has 3 nitrogen and oxygen atoms in total. The number of rotatable bonds is 3. The quantitative estimate of drug-likeness (QED) is 0.841. The van der Waals surface area contributed by atoms with E-state index in [1.165, 1.54) is 7.11 Å². The molecule has 92 valence electrons. The van der Waals surface area contributed by atoms with Gasteiger partial charge in [-0.1, -0.05) is 23.7 Å². The van der Waals surface area contributed by atoms with E-state index in [9.17, 15) is 4.79 Å². The van der Waals surface area contributed by atoms with E-state index < -0.39 is 0 Å². The van der Waals surface area contributed by atoms with E-state index in [0.717, 1.165) is 24.9 Å². The van der Waals surface area contributed by atoms with Crippen LogP contribution in [0, 0.1) is 0 Å². The fraction of sp³-hybridized carbons (Fsp3) is 0.462. The molecule has 17 heavy (non-hydrogen) atoms. The van der Waals surface area contributed by atoms with E-state index in [2.05, 4.69) is 5.32 Å². The molecule has 0 radical (unpaired) electrons. The molecule has 0 saturated carbocycles. The second-order valence-corrected chi connectivity index (χ2v) is 4.69. The van der Waals surface area contributed by atoms with Crippen LogP contribution in [0.5, 0.6) is 0 Å². The average molecular weight is 254 g/mol. The third-order valence-corrected chi connectivity index (χ3v) is 3.44. The summed E-state index contributed by atoms with van der Waals surface area (Å²) < 4.78 is 4.90. The molecule has 0 unspecified atom stereocenters. The molecule has 4 heteroatoms. The van der Waals surface area contributed by atoms with Crippen molar-refractivity contribution in [3.05, 3.63) is 34.9 Å². The third-order valence-electron chi connectivity index (χ3n) is 3.19. The van der Waals surface area contributed by atoms with E-state index in [0.29, 0.717) is 5.02 Å². The highest BCUT2D eigenvalue weighted by Crippen LogP contribution is 2.27. The van der Waals surface area contributed by atoms with Crippen molar-refractivity contribution in [1.29, 1.82) is 0 Å². The average Bonchev–Trinajstić information content (AvgIpc) is 2.85. The van der Waals surface area contributed by atoms with Gasteiger partial charge in [0.15, 0.2) is 0 Å². The van der Waals surface area contributed by atoms with Crippen LogP contribution < -0.4 is 5.32 Å². The molecular weight excluding hydrogens is 238 g/mol. The summed E-state index contributed by atoms with van der Waals surface area (Å²) in [5.41, 5.74) is 0.959. The molecule has 2 rings (SSSR count). The number of carbonyl (C=O) groups excluding carboxylic acids is 1. The lowest BCUT2D eigenvalue weighted by Gasteiger charge is -2.21. The van der Waals surface area contributed by atoms with Gasteiger partial charge < -0.3 is 10.1 Å². The van der Waals surface area contributed by atoms with Crippen molar-refractivity contribution < 1.29 is 9.53 Å². The summed E-state index contributed by atoms with van der Waals surface area (Å²) in [6.45, 7) is 0.964. The normalized spacial score (nSPS) is 21.2. The number of ether oxygens (including phenoxy) is 1. The molecule has 1 saturated heterocycles. The molecule has 1 heterocycles. The van der Waals surface area contributed by atoms with Gasteiger partial charge in [-0.05, 0) is 37.1 Å². The Bertz CT molecular complexity index is 385. The van der Waals surface area contributed by atoms with Crippen molar-refractivity contribution in [2.45, 2.75) is 24.8 Å². The van der Waals surface area contributed by atoms with E-state index in [-0.39, 0.29) is 17.9 Å². The number of hydrogen-bond acceptors (Lipinski definition) is 3. The number of carbonyl (C=O) groups is 1. The van der Waals surface area contributed by atoms with Crippen molar-refractivity contribution in [2.24, 2.45) is 0 Å². The molecule has 1 aromatic carbocycles. The topological polar surface area (TPSA) is 38.3 Å². The van der Waals surface area contributed by atoms with Gasteiger partial charge in [0, 0.05) is 11.1 Å². The van der Waals surface area contributed by atoms with Crippen molar-refractivity contribution in [1.82, 2.24) is 5.32 Å². The van der Waals surface area contributed by atoms with Crippen LogP contribution >= 0.6 is 11.6 Å². The Kier molecular flexibility index (Phi) is 4.02. The van der Waals surface area contributed by atoms with Gasteiger partial charge >= 0.3 is 5.97 Å². The predicted molar refractivity (Wildman–Crippen MR) is 67.2 cm³/mol. The van der Waals surface area contributed by atoms with Gasteiger partial charge in [0.05, 0.1) is 13.0 Å². The van der Waals surface area contributed by atoms with Gasteiger partial charge in [-0.25, -0.2) is 0 Å². The first-order valence-corrected chi connectivity index (χ1v) is 6.17. The zero-order valence-corrected chi connectivity index (χ0v) is 10.5. The van der Waals surface area contributed by atoms with Crippen LogP contribution in [0.2, 0.25) is 5.02 Å². The van der Waals surface area contributed by atoms with Crippen molar-refractivity contribution >= 4 is 17.6 Å². The number of nitrogens with one attached hydrogen (secondary N) is 1. The van der Waals surface area contributed by atoms with Crippen molar-refractivity contribution in [2.75, 3.05) is 13.7 Å². The number of halogens is 1. The smallest absolute Gasteiger partial charge is 0.314 e. The minimum Gasteiger partial charge on any atom is -0.469 e. The molecule has 1 N–H and O–H groups in total. The largest absolute Gasteiger partial charge is 0.469 e. The Balaban J connectivity index is 2.25. The SMILES string of the molecule is COC(=O)[C@@H](c1ccc(Cl)cc1)[C@H]1CCCN1. The maximum absolute atomic E-state index is 11.9. The summed E-state index contributed by atoms with van der Waals surface area (Å²) in [7, 11) is 1.43. The van der Waals surface area contributed by atoms with E-state index in [1.807, 2.05) is 24.3 Å². The summed E-state index contributed by atoms with van der Waals surface area (Å²) in [5, 5.41) is 4.03. The number of benzene rings is 1. The monoisotopic (exact) mass is 253 g/mol. The lowest BCUT2D eigenvalue weighted by atomic mass is 9.90. The highest BCUT2D eigenvalue weighted by Gasteiger charge is 2.32. The maximum Gasteiger partial charge on any atom is 0.314 e. The molecule has 1 fully saturated rings. The fourth-order valence-electron chi connectivity index (χ4n) is 2.33. The van der Waals surface area contributed by atoms with E-state index in [4.69, 9.17) is 16.3 Å². The molecule has 1 aliphatic heterocycles. The number of esters is 1. The molecule has 0 aromatic heterocycles. The molecule has 0 amide bonds. The molecular formula is C13H16ClNO2. The Morgan fingerprint density at radius 1 is 1.47 bits per heavy atom. The van der Waals surface area contributed by atoms with Crippen molar-refractivity contribution in [3.63, 3.8) is 0 Å². The van der Waals surface area contributed by atoms with Gasteiger partial charge in [-0.15, -0.1) is 0 Å². The molecule has 1 aliphatic rings.